The fourth-order valence-electron chi connectivity index (χ4n) is 3.53. The summed E-state index contributed by atoms with van der Waals surface area (Å²) < 4.78 is 10.8. The summed E-state index contributed by atoms with van der Waals surface area (Å²) in [5, 5.41) is 11.4. The summed E-state index contributed by atoms with van der Waals surface area (Å²) in [7, 11) is 0. The molecule has 3 rings (SSSR count). The predicted octanol–water partition coefficient (Wildman–Crippen LogP) is 4.54. The first-order valence-electron chi connectivity index (χ1n) is 10.6. The van der Waals surface area contributed by atoms with Gasteiger partial charge in [0.1, 0.15) is 13.2 Å². The summed E-state index contributed by atoms with van der Waals surface area (Å²) in [6.45, 7) is -0.451. The number of rotatable bonds is 11. The lowest BCUT2D eigenvalue weighted by molar-refractivity contribution is -0.484. The first kappa shape index (κ1) is 23.7. The SMILES string of the molecule is O=C(CC(C(=O)OCc1ccccc1)[C@H](C[N+](=O)[O-])c1ccccc1)OCc1ccccc1. The van der Waals surface area contributed by atoms with Gasteiger partial charge in [-0.05, 0) is 16.7 Å². The number of esters is 2. The molecule has 0 saturated carbocycles. The molecule has 1 unspecified atom stereocenters. The molecule has 0 amide bonds. The van der Waals surface area contributed by atoms with Crippen LogP contribution >= 0.6 is 0 Å². The zero-order valence-corrected chi connectivity index (χ0v) is 18.0. The molecule has 0 aliphatic carbocycles. The van der Waals surface area contributed by atoms with Gasteiger partial charge in [-0.3, -0.25) is 19.7 Å². The molecule has 0 saturated heterocycles. The van der Waals surface area contributed by atoms with Crippen molar-refractivity contribution in [2.75, 3.05) is 6.54 Å². The topological polar surface area (TPSA) is 95.7 Å². The number of nitro groups is 1. The summed E-state index contributed by atoms with van der Waals surface area (Å²) in [5.41, 5.74) is 2.17. The molecule has 0 heterocycles. The van der Waals surface area contributed by atoms with Gasteiger partial charge >= 0.3 is 11.9 Å². The largest absolute Gasteiger partial charge is 0.461 e. The van der Waals surface area contributed by atoms with Crippen molar-refractivity contribution >= 4 is 11.9 Å². The molecular weight excluding hydrogens is 422 g/mol. The van der Waals surface area contributed by atoms with Crippen molar-refractivity contribution in [1.29, 1.82) is 0 Å². The molecule has 33 heavy (non-hydrogen) atoms. The van der Waals surface area contributed by atoms with Crippen LogP contribution in [0.2, 0.25) is 0 Å². The Hall–Kier alpha value is -4.00. The third kappa shape index (κ3) is 7.57. The minimum Gasteiger partial charge on any atom is -0.461 e. The maximum atomic E-state index is 13.1. The Balaban J connectivity index is 1.78. The van der Waals surface area contributed by atoms with Crippen LogP contribution in [0, 0.1) is 16.0 Å². The third-order valence-corrected chi connectivity index (χ3v) is 5.22. The Labute approximate surface area is 192 Å². The van der Waals surface area contributed by atoms with E-state index in [2.05, 4.69) is 0 Å². The van der Waals surface area contributed by atoms with Crippen molar-refractivity contribution in [2.45, 2.75) is 25.6 Å². The van der Waals surface area contributed by atoms with Gasteiger partial charge in [-0.25, -0.2) is 0 Å². The van der Waals surface area contributed by atoms with Gasteiger partial charge in [0.25, 0.3) is 0 Å². The monoisotopic (exact) mass is 447 g/mol. The Kier molecular flexibility index (Phi) is 8.71. The molecule has 0 radical (unpaired) electrons. The zero-order chi connectivity index (χ0) is 23.5. The Bertz CT molecular complexity index is 1040. The standard InChI is InChI=1S/C26H25NO6/c28-25(32-18-20-10-4-1-5-11-20)16-23(26(29)33-19-21-12-6-2-7-13-21)24(17-27(30)31)22-14-8-3-9-15-22/h1-15,23-24H,16-19H2/t23?,24-/m1/s1. The maximum absolute atomic E-state index is 13.1. The molecule has 170 valence electrons. The lowest BCUT2D eigenvalue weighted by atomic mass is 9.83. The number of carbonyl (C=O) groups is 2. The van der Waals surface area contributed by atoms with E-state index in [0.29, 0.717) is 5.56 Å². The van der Waals surface area contributed by atoms with E-state index in [1.165, 1.54) is 0 Å². The summed E-state index contributed by atoms with van der Waals surface area (Å²) in [4.78, 5) is 36.6. The highest BCUT2D eigenvalue weighted by molar-refractivity contribution is 5.81. The second kappa shape index (κ2) is 12.1. The van der Waals surface area contributed by atoms with Gasteiger partial charge in [-0.2, -0.15) is 0 Å². The average molecular weight is 447 g/mol. The molecule has 7 heteroatoms. The predicted molar refractivity (Wildman–Crippen MR) is 122 cm³/mol. The van der Waals surface area contributed by atoms with Gasteiger partial charge in [0.2, 0.25) is 6.54 Å². The fourth-order valence-corrected chi connectivity index (χ4v) is 3.53. The summed E-state index contributed by atoms with van der Waals surface area (Å²) in [5.74, 6) is -3.20. The van der Waals surface area contributed by atoms with Gasteiger partial charge in [-0.15, -0.1) is 0 Å². The maximum Gasteiger partial charge on any atom is 0.310 e. The van der Waals surface area contributed by atoms with Gasteiger partial charge in [0, 0.05) is 4.92 Å². The molecule has 2 atom stereocenters. The van der Waals surface area contributed by atoms with Crippen LogP contribution in [0.1, 0.15) is 29.0 Å². The minimum atomic E-state index is -1.07. The lowest BCUT2D eigenvalue weighted by Gasteiger charge is -2.23. The van der Waals surface area contributed by atoms with Crippen molar-refractivity contribution < 1.29 is 24.0 Å². The van der Waals surface area contributed by atoms with Crippen LogP contribution in [0.15, 0.2) is 91.0 Å². The van der Waals surface area contributed by atoms with E-state index in [0.717, 1.165) is 11.1 Å². The Morgan fingerprint density at radius 3 is 1.76 bits per heavy atom. The number of ether oxygens (including phenoxy) is 2. The first-order chi connectivity index (χ1) is 16.0. The van der Waals surface area contributed by atoms with Crippen molar-refractivity contribution in [3.8, 4) is 0 Å². The van der Waals surface area contributed by atoms with Crippen LogP contribution in [-0.4, -0.2) is 23.4 Å². The molecule has 0 aliphatic rings. The van der Waals surface area contributed by atoms with Crippen LogP contribution in [0.5, 0.6) is 0 Å². The molecule has 0 fully saturated rings. The summed E-state index contributed by atoms with van der Waals surface area (Å²) >= 11 is 0. The van der Waals surface area contributed by atoms with Gasteiger partial charge in [-0.1, -0.05) is 91.0 Å². The highest BCUT2D eigenvalue weighted by Gasteiger charge is 2.36. The molecule has 3 aromatic carbocycles. The van der Waals surface area contributed by atoms with Crippen LogP contribution in [0.25, 0.3) is 0 Å². The van der Waals surface area contributed by atoms with Crippen molar-refractivity contribution in [2.24, 2.45) is 5.92 Å². The van der Waals surface area contributed by atoms with Crippen LogP contribution < -0.4 is 0 Å². The van der Waals surface area contributed by atoms with E-state index in [9.17, 15) is 19.7 Å². The Morgan fingerprint density at radius 2 is 1.24 bits per heavy atom. The molecule has 0 spiro atoms. The molecule has 3 aromatic rings. The van der Waals surface area contributed by atoms with E-state index in [-0.39, 0.29) is 19.6 Å². The van der Waals surface area contributed by atoms with E-state index in [4.69, 9.17) is 9.47 Å². The average Bonchev–Trinajstić information content (AvgIpc) is 2.85. The van der Waals surface area contributed by atoms with Crippen molar-refractivity contribution in [1.82, 2.24) is 0 Å². The fraction of sp³-hybridized carbons (Fsp3) is 0.231. The molecule has 0 N–H and O–H groups in total. The molecule has 0 aliphatic heterocycles. The van der Waals surface area contributed by atoms with Crippen molar-refractivity contribution in [3.05, 3.63) is 118 Å². The van der Waals surface area contributed by atoms with Gasteiger partial charge < -0.3 is 9.47 Å². The van der Waals surface area contributed by atoms with Gasteiger partial charge in [0.15, 0.2) is 0 Å². The smallest absolute Gasteiger partial charge is 0.310 e. The van der Waals surface area contributed by atoms with E-state index >= 15 is 0 Å². The molecule has 0 bridgehead atoms. The normalized spacial score (nSPS) is 12.4. The molecule has 7 nitrogen and oxygen atoms in total. The summed E-state index contributed by atoms with van der Waals surface area (Å²) in [6.07, 6.45) is -0.326. The van der Waals surface area contributed by atoms with Crippen LogP contribution in [0.3, 0.4) is 0 Å². The molecule has 0 aromatic heterocycles. The van der Waals surface area contributed by atoms with Crippen molar-refractivity contribution in [3.63, 3.8) is 0 Å². The Morgan fingerprint density at radius 1 is 0.758 bits per heavy atom. The third-order valence-electron chi connectivity index (χ3n) is 5.22. The zero-order valence-electron chi connectivity index (χ0n) is 18.0. The molecular formula is C26H25NO6. The van der Waals surface area contributed by atoms with Crippen LogP contribution in [0.4, 0.5) is 0 Å². The van der Waals surface area contributed by atoms with E-state index < -0.39 is 35.2 Å². The second-order valence-corrected chi connectivity index (χ2v) is 7.58. The minimum absolute atomic E-state index is 0.00914. The summed E-state index contributed by atoms with van der Waals surface area (Å²) in [6, 6.07) is 26.9. The van der Waals surface area contributed by atoms with E-state index in [1.54, 1.807) is 30.3 Å². The first-order valence-corrected chi connectivity index (χ1v) is 10.6. The number of nitrogens with zero attached hydrogens (tertiary/aromatic N) is 1. The number of hydrogen-bond donors (Lipinski definition) is 0. The second-order valence-electron chi connectivity index (χ2n) is 7.58. The number of carbonyl (C=O) groups excluding carboxylic acids is 2. The van der Waals surface area contributed by atoms with Crippen LogP contribution in [-0.2, 0) is 32.3 Å². The highest BCUT2D eigenvalue weighted by atomic mass is 16.6. The quantitative estimate of drug-likeness (QED) is 0.243. The number of hydrogen-bond acceptors (Lipinski definition) is 6. The lowest BCUT2D eigenvalue weighted by Crippen LogP contribution is -2.31. The number of benzene rings is 3. The highest BCUT2D eigenvalue weighted by Crippen LogP contribution is 2.30. The van der Waals surface area contributed by atoms with Gasteiger partial charge in [0.05, 0.1) is 18.3 Å². The van der Waals surface area contributed by atoms with E-state index in [1.807, 2.05) is 60.7 Å².